The monoisotopic (exact) mass is 310 g/mol. The van der Waals surface area contributed by atoms with Crippen molar-refractivity contribution in [2.45, 2.75) is 13.0 Å². The average molecular weight is 311 g/mol. The first kappa shape index (κ1) is 13.1. The van der Waals surface area contributed by atoms with Crippen LogP contribution < -0.4 is 5.73 Å². The van der Waals surface area contributed by atoms with Crippen LogP contribution in [0.5, 0.6) is 0 Å². The number of methoxy groups -OCH3 is 1. The highest BCUT2D eigenvalue weighted by molar-refractivity contribution is 9.10. The fourth-order valence-corrected chi connectivity index (χ4v) is 2.38. The Morgan fingerprint density at radius 3 is 2.94 bits per heavy atom. The van der Waals surface area contributed by atoms with E-state index in [1.807, 2.05) is 29.0 Å². The zero-order valence-corrected chi connectivity index (χ0v) is 11.7. The summed E-state index contributed by atoms with van der Waals surface area (Å²) in [4.78, 5) is 11.4. The third-order valence-corrected chi connectivity index (χ3v) is 3.36. The number of carbonyl (C=O) groups excluding carboxylic acids is 1. The van der Waals surface area contributed by atoms with E-state index in [2.05, 4.69) is 15.9 Å². The van der Waals surface area contributed by atoms with Gasteiger partial charge in [-0.15, -0.1) is 0 Å². The minimum atomic E-state index is -0.258. The largest absolute Gasteiger partial charge is 0.468 e. The van der Waals surface area contributed by atoms with E-state index in [9.17, 15) is 4.79 Å². The molecule has 0 unspecified atom stereocenters. The van der Waals surface area contributed by atoms with Crippen LogP contribution in [0.25, 0.3) is 10.9 Å². The number of aromatic nitrogens is 1. The van der Waals surface area contributed by atoms with Gasteiger partial charge >= 0.3 is 5.97 Å². The molecule has 18 heavy (non-hydrogen) atoms. The maximum Gasteiger partial charge on any atom is 0.325 e. The van der Waals surface area contributed by atoms with Crippen molar-refractivity contribution in [3.8, 4) is 0 Å². The molecule has 0 atom stereocenters. The first-order valence-corrected chi connectivity index (χ1v) is 6.49. The number of carbonyl (C=O) groups is 1. The van der Waals surface area contributed by atoms with Crippen LogP contribution in [0.1, 0.15) is 5.56 Å². The molecule has 0 saturated carbocycles. The molecule has 96 valence electrons. The van der Waals surface area contributed by atoms with E-state index in [0.717, 1.165) is 27.4 Å². The SMILES string of the molecule is COC(=O)Cn1cc(CCN)c2ccc(Br)cc21. The number of rotatable bonds is 4. The van der Waals surface area contributed by atoms with Gasteiger partial charge in [0.1, 0.15) is 6.54 Å². The van der Waals surface area contributed by atoms with Crippen molar-refractivity contribution in [3.63, 3.8) is 0 Å². The normalized spacial score (nSPS) is 10.8. The molecule has 4 nitrogen and oxygen atoms in total. The summed E-state index contributed by atoms with van der Waals surface area (Å²) in [5, 5.41) is 1.13. The molecule has 1 aromatic carbocycles. The molecule has 2 rings (SSSR count). The van der Waals surface area contributed by atoms with Crippen molar-refractivity contribution in [2.75, 3.05) is 13.7 Å². The Hall–Kier alpha value is -1.33. The number of esters is 1. The van der Waals surface area contributed by atoms with Crippen molar-refractivity contribution < 1.29 is 9.53 Å². The van der Waals surface area contributed by atoms with Crippen molar-refractivity contribution in [2.24, 2.45) is 5.73 Å². The summed E-state index contributed by atoms with van der Waals surface area (Å²) in [6.45, 7) is 0.807. The lowest BCUT2D eigenvalue weighted by Gasteiger charge is -2.03. The molecule has 0 spiro atoms. The fourth-order valence-electron chi connectivity index (χ4n) is 2.03. The number of hydrogen-bond acceptors (Lipinski definition) is 3. The molecule has 1 aromatic heterocycles. The lowest BCUT2D eigenvalue weighted by Crippen LogP contribution is -2.10. The molecule has 0 amide bonds. The maximum atomic E-state index is 11.4. The van der Waals surface area contributed by atoms with E-state index in [4.69, 9.17) is 10.5 Å². The molecule has 0 aliphatic heterocycles. The van der Waals surface area contributed by atoms with Crippen molar-refractivity contribution in [1.82, 2.24) is 4.57 Å². The second-order valence-corrected chi connectivity index (χ2v) is 4.97. The summed E-state index contributed by atoms with van der Waals surface area (Å²) >= 11 is 3.44. The Morgan fingerprint density at radius 2 is 2.28 bits per heavy atom. The molecule has 0 aliphatic carbocycles. The number of hydrogen-bond donors (Lipinski definition) is 1. The van der Waals surface area contributed by atoms with Gasteiger partial charge in [-0.05, 0) is 30.7 Å². The smallest absolute Gasteiger partial charge is 0.325 e. The van der Waals surface area contributed by atoms with E-state index in [1.165, 1.54) is 7.11 Å². The highest BCUT2D eigenvalue weighted by Crippen LogP contribution is 2.25. The third-order valence-electron chi connectivity index (χ3n) is 2.87. The Labute approximate surface area is 114 Å². The summed E-state index contributed by atoms with van der Waals surface area (Å²) in [6.07, 6.45) is 2.77. The predicted molar refractivity (Wildman–Crippen MR) is 74.4 cm³/mol. The van der Waals surface area contributed by atoms with Crippen LogP contribution in [-0.4, -0.2) is 24.2 Å². The van der Waals surface area contributed by atoms with E-state index in [1.54, 1.807) is 0 Å². The number of fused-ring (bicyclic) bond motifs is 1. The van der Waals surface area contributed by atoms with Crippen LogP contribution in [0, 0.1) is 0 Å². The lowest BCUT2D eigenvalue weighted by molar-refractivity contribution is -0.141. The Bertz CT molecular complexity index is 578. The molecular weight excluding hydrogens is 296 g/mol. The van der Waals surface area contributed by atoms with Crippen LogP contribution in [0.4, 0.5) is 0 Å². The van der Waals surface area contributed by atoms with E-state index in [0.29, 0.717) is 6.54 Å². The molecule has 0 fully saturated rings. The van der Waals surface area contributed by atoms with E-state index >= 15 is 0 Å². The third kappa shape index (κ3) is 2.57. The average Bonchev–Trinajstić information content (AvgIpc) is 2.67. The molecule has 0 radical (unpaired) electrons. The van der Waals surface area contributed by atoms with E-state index < -0.39 is 0 Å². The topological polar surface area (TPSA) is 57.2 Å². The summed E-state index contributed by atoms with van der Waals surface area (Å²) in [5.74, 6) is -0.258. The van der Waals surface area contributed by atoms with Gasteiger partial charge in [0.05, 0.1) is 7.11 Å². The minimum absolute atomic E-state index is 0.216. The van der Waals surface area contributed by atoms with Gasteiger partial charge in [0.25, 0.3) is 0 Å². The summed E-state index contributed by atoms with van der Waals surface area (Å²) in [5.41, 5.74) is 7.78. The highest BCUT2D eigenvalue weighted by Gasteiger charge is 2.11. The van der Waals surface area contributed by atoms with Crippen molar-refractivity contribution in [3.05, 3.63) is 34.4 Å². The molecule has 0 saturated heterocycles. The van der Waals surface area contributed by atoms with Crippen molar-refractivity contribution in [1.29, 1.82) is 0 Å². The highest BCUT2D eigenvalue weighted by atomic mass is 79.9. The fraction of sp³-hybridized carbons (Fsp3) is 0.308. The van der Waals surface area contributed by atoms with Gasteiger partial charge in [0, 0.05) is 21.6 Å². The number of halogens is 1. The Kier molecular flexibility index (Phi) is 4.04. The molecule has 5 heteroatoms. The van der Waals surface area contributed by atoms with Gasteiger partial charge in [-0.2, -0.15) is 0 Å². The van der Waals surface area contributed by atoms with Gasteiger partial charge in [-0.25, -0.2) is 0 Å². The van der Waals surface area contributed by atoms with Crippen LogP contribution in [-0.2, 0) is 22.5 Å². The zero-order valence-electron chi connectivity index (χ0n) is 10.1. The Morgan fingerprint density at radius 1 is 1.50 bits per heavy atom. The number of nitrogens with zero attached hydrogens (tertiary/aromatic N) is 1. The van der Waals surface area contributed by atoms with E-state index in [-0.39, 0.29) is 12.5 Å². The lowest BCUT2D eigenvalue weighted by atomic mass is 10.1. The Balaban J connectivity index is 2.50. The molecule has 0 bridgehead atoms. The molecule has 2 aromatic rings. The van der Waals surface area contributed by atoms with Gasteiger partial charge in [0.2, 0.25) is 0 Å². The zero-order chi connectivity index (χ0) is 13.1. The van der Waals surface area contributed by atoms with Crippen molar-refractivity contribution >= 4 is 32.8 Å². The summed E-state index contributed by atoms with van der Waals surface area (Å²) in [7, 11) is 1.39. The minimum Gasteiger partial charge on any atom is -0.468 e. The molecule has 1 heterocycles. The first-order valence-electron chi connectivity index (χ1n) is 5.70. The summed E-state index contributed by atoms with van der Waals surface area (Å²) < 4.78 is 7.59. The number of ether oxygens (including phenoxy) is 1. The van der Waals surface area contributed by atoms with Crippen LogP contribution in [0.2, 0.25) is 0 Å². The quantitative estimate of drug-likeness (QED) is 0.880. The molecular formula is C13H15BrN2O2. The second kappa shape index (κ2) is 5.54. The standard InChI is InChI=1S/C13H15BrN2O2/c1-18-13(17)8-16-7-9(4-5-15)11-3-2-10(14)6-12(11)16/h2-3,6-7H,4-5,8,15H2,1H3. The summed E-state index contributed by atoms with van der Waals surface area (Å²) in [6, 6.07) is 6.03. The second-order valence-electron chi connectivity index (χ2n) is 4.06. The first-order chi connectivity index (χ1) is 8.65. The predicted octanol–water partition coefficient (Wildman–Crippen LogP) is 2.08. The van der Waals surface area contributed by atoms with Crippen LogP contribution in [0.15, 0.2) is 28.9 Å². The van der Waals surface area contributed by atoms with Gasteiger partial charge in [-0.3, -0.25) is 4.79 Å². The van der Waals surface area contributed by atoms with Gasteiger partial charge < -0.3 is 15.0 Å². The van der Waals surface area contributed by atoms with Gasteiger partial charge in [0.15, 0.2) is 0 Å². The van der Waals surface area contributed by atoms with Crippen LogP contribution >= 0.6 is 15.9 Å². The molecule has 0 aliphatic rings. The number of nitrogens with two attached hydrogens (primary N) is 1. The molecule has 2 N–H and O–H groups in total. The van der Waals surface area contributed by atoms with Crippen LogP contribution in [0.3, 0.4) is 0 Å². The maximum absolute atomic E-state index is 11.4. The number of benzene rings is 1. The van der Waals surface area contributed by atoms with Gasteiger partial charge in [-0.1, -0.05) is 22.0 Å².